The lowest BCUT2D eigenvalue weighted by Crippen LogP contribution is -2.42. The predicted molar refractivity (Wildman–Crippen MR) is 128 cm³/mol. The van der Waals surface area contributed by atoms with E-state index in [1.807, 2.05) is 61.5 Å². The molecule has 0 aliphatic rings. The summed E-state index contributed by atoms with van der Waals surface area (Å²) in [4.78, 5) is 13.1. The Balaban J connectivity index is 1.93. The van der Waals surface area contributed by atoms with Gasteiger partial charge in [0.05, 0.1) is 25.1 Å². The molecule has 8 heteroatoms. The predicted octanol–water partition coefficient (Wildman–Crippen LogP) is 4.33. The van der Waals surface area contributed by atoms with Gasteiger partial charge in [0.25, 0.3) is 0 Å². The number of nitrogens with one attached hydrogen (secondary N) is 1. The minimum absolute atomic E-state index is 0.198. The molecule has 0 radical (unpaired) electrons. The molecule has 0 spiro atoms. The summed E-state index contributed by atoms with van der Waals surface area (Å²) in [5.41, 5.74) is 3.07. The van der Waals surface area contributed by atoms with E-state index in [1.54, 1.807) is 12.1 Å². The number of benzene rings is 3. The highest BCUT2D eigenvalue weighted by molar-refractivity contribution is 7.92. The molecule has 0 saturated carbocycles. The molecule has 1 amide bonds. The molecule has 3 aromatic carbocycles. The fraction of sp³-hybridized carbons (Fsp3) is 0.208. The summed E-state index contributed by atoms with van der Waals surface area (Å²) in [6.07, 6.45) is 1.04. The summed E-state index contributed by atoms with van der Waals surface area (Å²) >= 11 is 6.08. The first-order valence-corrected chi connectivity index (χ1v) is 12.1. The van der Waals surface area contributed by atoms with Crippen molar-refractivity contribution >= 4 is 33.2 Å². The van der Waals surface area contributed by atoms with Crippen molar-refractivity contribution in [2.24, 2.45) is 0 Å². The lowest BCUT2D eigenvalue weighted by molar-refractivity contribution is -0.120. The third-order valence-corrected chi connectivity index (χ3v) is 6.31. The molecule has 0 fully saturated rings. The minimum Gasteiger partial charge on any atom is -0.495 e. The Kier molecular flexibility index (Phi) is 7.43. The van der Waals surface area contributed by atoms with Gasteiger partial charge in [0.15, 0.2) is 0 Å². The fourth-order valence-corrected chi connectivity index (χ4v) is 4.36. The van der Waals surface area contributed by atoms with Crippen LogP contribution in [0.15, 0.2) is 72.8 Å². The maximum Gasteiger partial charge on any atom is 0.241 e. The highest BCUT2D eigenvalue weighted by atomic mass is 35.5. The van der Waals surface area contributed by atoms with E-state index in [-0.39, 0.29) is 5.69 Å². The van der Waals surface area contributed by atoms with Crippen molar-refractivity contribution in [2.45, 2.75) is 13.0 Å². The molecular weight excluding hydrogens is 448 g/mol. The number of anilines is 1. The Hall–Kier alpha value is -3.03. The molecular formula is C24H25ClN2O4S. The van der Waals surface area contributed by atoms with Gasteiger partial charge in [-0.1, -0.05) is 71.8 Å². The minimum atomic E-state index is -3.80. The van der Waals surface area contributed by atoms with Crippen LogP contribution in [0, 0.1) is 6.92 Å². The number of rotatable bonds is 8. The van der Waals surface area contributed by atoms with E-state index >= 15 is 0 Å². The van der Waals surface area contributed by atoms with Gasteiger partial charge in [-0.25, -0.2) is 8.42 Å². The van der Waals surface area contributed by atoms with Crippen molar-refractivity contribution in [3.8, 4) is 5.75 Å². The molecule has 32 heavy (non-hydrogen) atoms. The standard InChI is InChI=1S/C24H25ClN2O4S/c1-17-9-11-19(12-10-17)24(18-7-5-4-6-8-18)26-23(28)16-27(32(3,29)30)21-15-20(25)13-14-22(21)31-2/h4-15,24H,16H2,1-3H3,(H,26,28)/t24-/m0/s1. The van der Waals surface area contributed by atoms with Crippen LogP contribution in [0.3, 0.4) is 0 Å². The summed E-state index contributed by atoms with van der Waals surface area (Å²) < 4.78 is 31.4. The van der Waals surface area contributed by atoms with E-state index in [0.717, 1.165) is 27.3 Å². The SMILES string of the molecule is COc1ccc(Cl)cc1N(CC(=O)N[C@@H](c1ccccc1)c1ccc(C)cc1)S(C)(=O)=O. The number of ether oxygens (including phenoxy) is 1. The van der Waals surface area contributed by atoms with Gasteiger partial charge >= 0.3 is 0 Å². The van der Waals surface area contributed by atoms with Crippen molar-refractivity contribution in [3.05, 3.63) is 94.5 Å². The molecule has 3 aromatic rings. The molecule has 0 aromatic heterocycles. The van der Waals surface area contributed by atoms with Gasteiger partial charge in [-0.3, -0.25) is 9.10 Å². The van der Waals surface area contributed by atoms with Crippen LogP contribution >= 0.6 is 11.6 Å². The van der Waals surface area contributed by atoms with E-state index in [9.17, 15) is 13.2 Å². The van der Waals surface area contributed by atoms with Crippen molar-refractivity contribution in [1.82, 2.24) is 5.32 Å². The summed E-state index contributed by atoms with van der Waals surface area (Å²) in [5.74, 6) is -0.169. The van der Waals surface area contributed by atoms with E-state index < -0.39 is 28.5 Å². The number of hydrogen-bond donors (Lipinski definition) is 1. The van der Waals surface area contributed by atoms with E-state index in [0.29, 0.717) is 10.8 Å². The first-order chi connectivity index (χ1) is 15.2. The largest absolute Gasteiger partial charge is 0.495 e. The second-order valence-corrected chi connectivity index (χ2v) is 9.75. The average molecular weight is 473 g/mol. The summed E-state index contributed by atoms with van der Waals surface area (Å²) in [5, 5.41) is 3.30. The van der Waals surface area contributed by atoms with Gasteiger partial charge in [0, 0.05) is 5.02 Å². The Bertz CT molecular complexity index is 1180. The van der Waals surface area contributed by atoms with Crippen LogP contribution in [0.25, 0.3) is 0 Å². The van der Waals surface area contributed by atoms with Gasteiger partial charge in [-0.05, 0) is 36.2 Å². The van der Waals surface area contributed by atoms with Gasteiger partial charge in [0.1, 0.15) is 12.3 Å². The molecule has 1 N–H and O–H groups in total. The van der Waals surface area contributed by atoms with Crippen LogP contribution in [-0.4, -0.2) is 34.2 Å². The zero-order valence-electron chi connectivity index (χ0n) is 18.1. The number of hydrogen-bond acceptors (Lipinski definition) is 4. The normalized spacial score (nSPS) is 12.1. The average Bonchev–Trinajstić information content (AvgIpc) is 2.76. The molecule has 0 saturated heterocycles. The number of nitrogens with zero attached hydrogens (tertiary/aromatic N) is 1. The summed E-state index contributed by atoms with van der Waals surface area (Å²) in [6, 6.07) is 21.5. The number of carbonyl (C=O) groups excluding carboxylic acids is 1. The highest BCUT2D eigenvalue weighted by Crippen LogP contribution is 2.33. The van der Waals surface area contributed by atoms with Crippen LogP contribution in [0.2, 0.25) is 5.02 Å². The zero-order valence-corrected chi connectivity index (χ0v) is 19.7. The highest BCUT2D eigenvalue weighted by Gasteiger charge is 2.26. The quantitative estimate of drug-likeness (QED) is 0.529. The maximum atomic E-state index is 13.1. The lowest BCUT2D eigenvalue weighted by atomic mass is 9.98. The monoisotopic (exact) mass is 472 g/mol. The molecule has 0 aliphatic heterocycles. The van der Waals surface area contributed by atoms with Crippen LogP contribution in [-0.2, 0) is 14.8 Å². The number of aryl methyl sites for hydroxylation is 1. The van der Waals surface area contributed by atoms with Gasteiger partial charge in [-0.15, -0.1) is 0 Å². The topological polar surface area (TPSA) is 75.7 Å². The van der Waals surface area contributed by atoms with Crippen molar-refractivity contribution < 1.29 is 17.9 Å². The van der Waals surface area contributed by atoms with Crippen molar-refractivity contribution in [3.63, 3.8) is 0 Å². The van der Waals surface area contributed by atoms with Crippen molar-refractivity contribution in [1.29, 1.82) is 0 Å². The van der Waals surface area contributed by atoms with Crippen LogP contribution < -0.4 is 14.4 Å². The van der Waals surface area contributed by atoms with Gasteiger partial charge in [-0.2, -0.15) is 0 Å². The number of methoxy groups -OCH3 is 1. The van der Waals surface area contributed by atoms with Gasteiger partial charge < -0.3 is 10.1 Å². The first-order valence-electron chi connectivity index (χ1n) is 9.91. The number of amides is 1. The number of sulfonamides is 1. The number of halogens is 1. The lowest BCUT2D eigenvalue weighted by Gasteiger charge is -2.26. The van der Waals surface area contributed by atoms with E-state index in [4.69, 9.17) is 16.3 Å². The van der Waals surface area contributed by atoms with E-state index in [1.165, 1.54) is 13.2 Å². The summed E-state index contributed by atoms with van der Waals surface area (Å²) in [7, 11) is -2.37. The Morgan fingerprint density at radius 1 is 1.03 bits per heavy atom. The van der Waals surface area contributed by atoms with Crippen molar-refractivity contribution in [2.75, 3.05) is 24.2 Å². The first kappa shape index (κ1) is 23.6. The smallest absolute Gasteiger partial charge is 0.241 e. The third-order valence-electron chi connectivity index (χ3n) is 4.95. The van der Waals surface area contributed by atoms with E-state index in [2.05, 4.69) is 5.32 Å². The molecule has 0 unspecified atom stereocenters. The Morgan fingerprint density at radius 2 is 1.66 bits per heavy atom. The van der Waals surface area contributed by atoms with Crippen LogP contribution in [0.1, 0.15) is 22.7 Å². The zero-order chi connectivity index (χ0) is 23.3. The van der Waals surface area contributed by atoms with Gasteiger partial charge in [0.2, 0.25) is 15.9 Å². The molecule has 0 heterocycles. The second-order valence-electron chi connectivity index (χ2n) is 7.41. The Labute approximate surface area is 193 Å². The second kappa shape index (κ2) is 10.1. The Morgan fingerprint density at radius 3 is 2.25 bits per heavy atom. The molecule has 6 nitrogen and oxygen atoms in total. The fourth-order valence-electron chi connectivity index (χ4n) is 3.34. The maximum absolute atomic E-state index is 13.1. The third kappa shape index (κ3) is 5.81. The molecule has 1 atom stereocenters. The van der Waals surface area contributed by atoms with Crippen LogP contribution in [0.5, 0.6) is 5.75 Å². The molecule has 0 bridgehead atoms. The number of carbonyl (C=O) groups is 1. The van der Waals surface area contributed by atoms with Crippen LogP contribution in [0.4, 0.5) is 5.69 Å². The molecule has 168 valence electrons. The molecule has 0 aliphatic carbocycles. The molecule has 3 rings (SSSR count). The summed E-state index contributed by atoms with van der Waals surface area (Å²) in [6.45, 7) is 1.56.